The number of nitrogens with one attached hydrogen (secondary N) is 1. The largest absolute Gasteiger partial charge is 0.324 e. The third-order valence-corrected chi connectivity index (χ3v) is 4.11. The van der Waals surface area contributed by atoms with E-state index in [2.05, 4.69) is 5.32 Å². The van der Waals surface area contributed by atoms with Crippen molar-refractivity contribution in [2.24, 2.45) is 0 Å². The molecule has 2 heterocycles. The van der Waals surface area contributed by atoms with Gasteiger partial charge in [0.15, 0.2) is 0 Å². The van der Waals surface area contributed by atoms with Crippen LogP contribution in [0.1, 0.15) is 13.3 Å². The minimum Gasteiger partial charge on any atom is -0.324 e. The molecule has 1 N–H and O–H groups in total. The van der Waals surface area contributed by atoms with Gasteiger partial charge in [-0.15, -0.1) is 0 Å². The molecule has 0 saturated carbocycles. The smallest absolute Gasteiger partial charge is 0.285 e. The zero-order chi connectivity index (χ0) is 18.8. The van der Waals surface area contributed by atoms with E-state index in [1.54, 1.807) is 31.2 Å². The van der Waals surface area contributed by atoms with E-state index in [4.69, 9.17) is 0 Å². The van der Waals surface area contributed by atoms with Crippen molar-refractivity contribution in [3.8, 4) is 0 Å². The summed E-state index contributed by atoms with van der Waals surface area (Å²) >= 11 is 0. The lowest BCUT2D eigenvalue weighted by molar-refractivity contribution is -0.385. The number of rotatable bonds is 3. The molecule has 9 heteroatoms. The maximum Gasteiger partial charge on any atom is 0.285 e. The molecule has 2 aromatic rings. The number of nitrogens with zero attached hydrogens (tertiary/aromatic N) is 3. The predicted octanol–water partition coefficient (Wildman–Crippen LogP) is 1.52. The lowest BCUT2D eigenvalue weighted by atomic mass is 10.1. The van der Waals surface area contributed by atoms with Crippen molar-refractivity contribution in [2.45, 2.75) is 25.9 Å². The molecule has 134 valence electrons. The molecule has 0 bridgehead atoms. The Bertz CT molecular complexity index is 952. The summed E-state index contributed by atoms with van der Waals surface area (Å²) in [5.41, 5.74) is 0.225. The van der Waals surface area contributed by atoms with Crippen molar-refractivity contribution in [2.75, 3.05) is 10.2 Å². The Labute approximate surface area is 148 Å². The summed E-state index contributed by atoms with van der Waals surface area (Å²) in [5, 5.41) is 13.6. The van der Waals surface area contributed by atoms with Gasteiger partial charge in [-0.3, -0.25) is 29.1 Å². The predicted molar refractivity (Wildman–Crippen MR) is 94.0 cm³/mol. The van der Waals surface area contributed by atoms with Crippen LogP contribution in [0.5, 0.6) is 0 Å². The van der Waals surface area contributed by atoms with Crippen LogP contribution in [0.2, 0.25) is 0 Å². The monoisotopic (exact) mass is 356 g/mol. The van der Waals surface area contributed by atoms with Gasteiger partial charge in [-0.05, 0) is 19.1 Å². The van der Waals surface area contributed by atoms with E-state index in [1.807, 2.05) is 0 Å². The number of aromatic nitrogens is 1. The quantitative estimate of drug-likeness (QED) is 0.661. The Morgan fingerprint density at radius 1 is 1.27 bits per heavy atom. The molecule has 0 saturated heterocycles. The molecule has 1 aromatic carbocycles. The Balaban J connectivity index is 1.97. The molecule has 1 aliphatic heterocycles. The van der Waals surface area contributed by atoms with E-state index in [-0.39, 0.29) is 24.6 Å². The van der Waals surface area contributed by atoms with Crippen LogP contribution < -0.4 is 15.8 Å². The number of anilines is 2. The molecule has 1 atom stereocenters. The number of carbonyl (C=O) groups is 2. The topological polar surface area (TPSA) is 115 Å². The first-order valence-electron chi connectivity index (χ1n) is 7.92. The van der Waals surface area contributed by atoms with Gasteiger partial charge in [0.05, 0.1) is 22.5 Å². The van der Waals surface area contributed by atoms with E-state index in [1.165, 1.54) is 4.90 Å². The van der Waals surface area contributed by atoms with Crippen molar-refractivity contribution >= 4 is 28.9 Å². The molecule has 9 nitrogen and oxygen atoms in total. The third kappa shape index (κ3) is 3.32. The number of nitro groups is 1. The molecular weight excluding hydrogens is 340 g/mol. The fraction of sp³-hybridized carbons (Fsp3) is 0.235. The molecule has 0 aliphatic carbocycles. The number of pyridine rings is 1. The molecule has 0 radical (unpaired) electrons. The normalized spacial score (nSPS) is 16.4. The second-order valence-corrected chi connectivity index (χ2v) is 5.99. The van der Waals surface area contributed by atoms with Gasteiger partial charge in [-0.25, -0.2) is 0 Å². The Hall–Kier alpha value is -3.49. The highest BCUT2D eigenvalue weighted by atomic mass is 16.6. The summed E-state index contributed by atoms with van der Waals surface area (Å²) in [7, 11) is 0. The number of para-hydroxylation sites is 2. The van der Waals surface area contributed by atoms with Crippen molar-refractivity contribution < 1.29 is 14.5 Å². The van der Waals surface area contributed by atoms with E-state index in [0.29, 0.717) is 11.4 Å². The fourth-order valence-electron chi connectivity index (χ4n) is 2.94. The highest BCUT2D eigenvalue weighted by Crippen LogP contribution is 2.31. The first-order chi connectivity index (χ1) is 12.4. The fourth-order valence-corrected chi connectivity index (χ4v) is 2.94. The van der Waals surface area contributed by atoms with Crippen LogP contribution in [0.3, 0.4) is 0 Å². The number of carbonyl (C=O) groups excluding carboxylic acids is 2. The van der Waals surface area contributed by atoms with Crippen LogP contribution in [0.15, 0.2) is 47.4 Å². The van der Waals surface area contributed by atoms with Gasteiger partial charge in [-0.2, -0.15) is 0 Å². The van der Waals surface area contributed by atoms with Gasteiger partial charge in [0.1, 0.15) is 6.54 Å². The van der Waals surface area contributed by atoms with Crippen LogP contribution in [0.25, 0.3) is 0 Å². The second kappa shape index (κ2) is 6.79. The lowest BCUT2D eigenvalue weighted by Gasteiger charge is -2.28. The number of benzene rings is 1. The number of hydrogen-bond donors (Lipinski definition) is 1. The molecule has 0 spiro atoms. The van der Waals surface area contributed by atoms with Gasteiger partial charge < -0.3 is 10.2 Å². The molecule has 2 amide bonds. The van der Waals surface area contributed by atoms with Crippen LogP contribution in [-0.4, -0.2) is 27.3 Å². The van der Waals surface area contributed by atoms with Gasteiger partial charge in [-0.1, -0.05) is 12.1 Å². The molecule has 3 rings (SSSR count). The Morgan fingerprint density at radius 3 is 2.73 bits per heavy atom. The average Bonchev–Trinajstić information content (AvgIpc) is 2.70. The lowest BCUT2D eigenvalue weighted by Crippen LogP contribution is -2.42. The van der Waals surface area contributed by atoms with Crippen LogP contribution >= 0.6 is 0 Å². The van der Waals surface area contributed by atoms with Gasteiger partial charge in [0.2, 0.25) is 11.8 Å². The minimum atomic E-state index is -0.632. The van der Waals surface area contributed by atoms with Crippen LogP contribution in [0, 0.1) is 10.1 Å². The molecule has 26 heavy (non-hydrogen) atoms. The van der Waals surface area contributed by atoms with E-state index >= 15 is 0 Å². The van der Waals surface area contributed by atoms with Crippen molar-refractivity contribution in [1.82, 2.24) is 4.57 Å². The highest BCUT2D eigenvalue weighted by molar-refractivity contribution is 6.04. The molecule has 0 fully saturated rings. The summed E-state index contributed by atoms with van der Waals surface area (Å²) in [5.74, 6) is -0.656. The van der Waals surface area contributed by atoms with E-state index < -0.39 is 22.4 Å². The standard InChI is InChI=1S/C17H16N4O5/c1-11-8-15(22)18-13-4-2-3-5-14(13)20(11)17(24)10-19-9-12(21(25)26)6-7-16(19)23/h2-7,9,11H,8,10H2,1H3,(H,18,22)/t11-/m1/s1. The Kier molecular flexibility index (Phi) is 4.53. The first-order valence-corrected chi connectivity index (χ1v) is 7.92. The Morgan fingerprint density at radius 2 is 2.00 bits per heavy atom. The zero-order valence-electron chi connectivity index (χ0n) is 13.9. The molecule has 1 aromatic heterocycles. The summed E-state index contributed by atoms with van der Waals surface area (Å²) in [6.07, 6.45) is 1.14. The third-order valence-electron chi connectivity index (χ3n) is 4.11. The summed E-state index contributed by atoms with van der Waals surface area (Å²) < 4.78 is 0.996. The summed E-state index contributed by atoms with van der Waals surface area (Å²) in [6, 6.07) is 8.58. The average molecular weight is 356 g/mol. The zero-order valence-corrected chi connectivity index (χ0v) is 13.9. The van der Waals surface area contributed by atoms with Gasteiger partial charge >= 0.3 is 0 Å². The van der Waals surface area contributed by atoms with Crippen molar-refractivity contribution in [1.29, 1.82) is 0 Å². The molecular formula is C17H16N4O5. The number of hydrogen-bond acceptors (Lipinski definition) is 5. The van der Waals surface area contributed by atoms with Gasteiger partial charge in [0, 0.05) is 24.6 Å². The van der Waals surface area contributed by atoms with Crippen LogP contribution in [-0.2, 0) is 16.1 Å². The minimum absolute atomic E-state index is 0.101. The number of amides is 2. The second-order valence-electron chi connectivity index (χ2n) is 5.99. The maximum atomic E-state index is 12.9. The SMILES string of the molecule is C[C@@H]1CC(=O)Nc2ccccc2N1C(=O)Cn1cc([N+](=O)[O-])ccc1=O. The van der Waals surface area contributed by atoms with Gasteiger partial charge in [0.25, 0.3) is 11.2 Å². The maximum absolute atomic E-state index is 12.9. The van der Waals surface area contributed by atoms with E-state index in [0.717, 1.165) is 22.9 Å². The van der Waals surface area contributed by atoms with E-state index in [9.17, 15) is 24.5 Å². The first kappa shape index (κ1) is 17.3. The molecule has 0 unspecified atom stereocenters. The molecule has 1 aliphatic rings. The summed E-state index contributed by atoms with van der Waals surface area (Å²) in [6.45, 7) is 1.36. The number of fused-ring (bicyclic) bond motifs is 1. The highest BCUT2D eigenvalue weighted by Gasteiger charge is 2.29. The van der Waals surface area contributed by atoms with Crippen molar-refractivity contribution in [3.63, 3.8) is 0 Å². The van der Waals surface area contributed by atoms with Crippen molar-refractivity contribution in [3.05, 3.63) is 63.1 Å². The van der Waals surface area contributed by atoms with Crippen LogP contribution in [0.4, 0.5) is 17.1 Å². The summed E-state index contributed by atoms with van der Waals surface area (Å²) in [4.78, 5) is 48.5.